The third-order valence-electron chi connectivity index (χ3n) is 5.21. The quantitative estimate of drug-likeness (QED) is 0.813. The van der Waals surface area contributed by atoms with E-state index in [1.807, 2.05) is 18.2 Å². The van der Waals surface area contributed by atoms with Gasteiger partial charge in [0.1, 0.15) is 6.04 Å². The van der Waals surface area contributed by atoms with Crippen molar-refractivity contribution in [3.63, 3.8) is 0 Å². The van der Waals surface area contributed by atoms with Crippen LogP contribution in [0.4, 0.5) is 0 Å². The van der Waals surface area contributed by atoms with E-state index in [0.29, 0.717) is 11.5 Å². The van der Waals surface area contributed by atoms with Gasteiger partial charge >= 0.3 is 0 Å². The molecule has 24 heavy (non-hydrogen) atoms. The predicted molar refractivity (Wildman–Crippen MR) is 90.6 cm³/mol. The lowest BCUT2D eigenvalue weighted by Gasteiger charge is -2.32. The van der Waals surface area contributed by atoms with E-state index in [9.17, 15) is 14.9 Å². The summed E-state index contributed by atoms with van der Waals surface area (Å²) in [6.07, 6.45) is 13.3. The third-order valence-corrected chi connectivity index (χ3v) is 5.21. The molecule has 0 radical (unpaired) electrons. The van der Waals surface area contributed by atoms with E-state index in [2.05, 4.69) is 16.7 Å². The van der Waals surface area contributed by atoms with Crippen LogP contribution in [-0.2, 0) is 9.59 Å². The van der Waals surface area contributed by atoms with E-state index in [1.54, 1.807) is 0 Å². The fourth-order valence-corrected chi connectivity index (χ4v) is 3.60. The third kappa shape index (κ3) is 4.05. The van der Waals surface area contributed by atoms with Crippen molar-refractivity contribution >= 4 is 11.8 Å². The highest BCUT2D eigenvalue weighted by Gasteiger charge is 2.37. The number of hydrogen-bond acceptors (Lipinski definition) is 3. The van der Waals surface area contributed by atoms with Crippen LogP contribution in [0, 0.1) is 23.2 Å². The van der Waals surface area contributed by atoms with Gasteiger partial charge in [-0.15, -0.1) is 0 Å². The number of carbonyl (C=O) groups is 2. The molecular weight excluding hydrogens is 302 g/mol. The van der Waals surface area contributed by atoms with Crippen LogP contribution in [-0.4, -0.2) is 23.9 Å². The Morgan fingerprint density at radius 1 is 1.17 bits per heavy atom. The average molecular weight is 327 g/mol. The first kappa shape index (κ1) is 16.8. The lowest BCUT2D eigenvalue weighted by Crippen LogP contribution is -2.50. The Morgan fingerprint density at radius 3 is 2.62 bits per heavy atom. The van der Waals surface area contributed by atoms with E-state index in [1.165, 1.54) is 0 Å². The molecule has 0 heterocycles. The number of hydrogen-bond donors (Lipinski definition) is 2. The maximum atomic E-state index is 12.6. The maximum absolute atomic E-state index is 12.6. The Kier molecular flexibility index (Phi) is 5.34. The highest BCUT2D eigenvalue weighted by atomic mass is 16.2. The van der Waals surface area contributed by atoms with E-state index in [-0.39, 0.29) is 29.8 Å². The van der Waals surface area contributed by atoms with Gasteiger partial charge in [0.05, 0.1) is 12.0 Å². The summed E-state index contributed by atoms with van der Waals surface area (Å²) in [6, 6.07) is 1.69. The SMILES string of the molecule is N#CC(NC(=O)C1CCCCC1NC(=O)C1=CCCC=C1)C1CC1. The summed E-state index contributed by atoms with van der Waals surface area (Å²) in [6.45, 7) is 0. The van der Waals surface area contributed by atoms with Crippen molar-refractivity contribution in [3.05, 3.63) is 23.8 Å². The molecule has 3 rings (SSSR count). The van der Waals surface area contributed by atoms with Gasteiger partial charge in [0.15, 0.2) is 0 Å². The van der Waals surface area contributed by atoms with Crippen molar-refractivity contribution in [1.82, 2.24) is 10.6 Å². The summed E-state index contributed by atoms with van der Waals surface area (Å²) in [5.41, 5.74) is 0.693. The smallest absolute Gasteiger partial charge is 0.251 e. The first-order valence-electron chi connectivity index (χ1n) is 9.06. The first-order chi connectivity index (χ1) is 11.7. The van der Waals surface area contributed by atoms with Gasteiger partial charge in [0.2, 0.25) is 5.91 Å². The molecule has 0 aromatic rings. The van der Waals surface area contributed by atoms with Crippen molar-refractivity contribution in [3.8, 4) is 6.07 Å². The highest BCUT2D eigenvalue weighted by molar-refractivity contribution is 5.97. The molecule has 0 aliphatic heterocycles. The van der Waals surface area contributed by atoms with Gasteiger partial charge in [-0.05, 0) is 44.4 Å². The molecule has 2 saturated carbocycles. The summed E-state index contributed by atoms with van der Waals surface area (Å²) in [5, 5.41) is 15.2. The summed E-state index contributed by atoms with van der Waals surface area (Å²) in [5.74, 6) is -0.0834. The molecule has 3 unspecified atom stereocenters. The number of nitrogens with one attached hydrogen (secondary N) is 2. The number of rotatable bonds is 5. The molecule has 128 valence electrons. The normalized spacial score (nSPS) is 27.5. The van der Waals surface area contributed by atoms with Crippen molar-refractivity contribution in [2.24, 2.45) is 11.8 Å². The maximum Gasteiger partial charge on any atom is 0.251 e. The number of nitrogens with zero attached hydrogens (tertiary/aromatic N) is 1. The second-order valence-electron chi connectivity index (χ2n) is 7.06. The number of carbonyl (C=O) groups excluding carboxylic acids is 2. The Hall–Kier alpha value is -2.09. The minimum absolute atomic E-state index is 0.0772. The predicted octanol–water partition coefficient (Wildman–Crippen LogP) is 2.36. The zero-order valence-electron chi connectivity index (χ0n) is 14.0. The van der Waals surface area contributed by atoms with E-state index >= 15 is 0 Å². The van der Waals surface area contributed by atoms with Crippen molar-refractivity contribution in [1.29, 1.82) is 5.26 Å². The van der Waals surface area contributed by atoms with Crippen LogP contribution in [0.5, 0.6) is 0 Å². The van der Waals surface area contributed by atoms with Gasteiger partial charge in [-0.2, -0.15) is 5.26 Å². The van der Waals surface area contributed by atoms with Crippen LogP contribution in [0.2, 0.25) is 0 Å². The number of nitriles is 1. The van der Waals surface area contributed by atoms with Crippen LogP contribution in [0.1, 0.15) is 51.4 Å². The van der Waals surface area contributed by atoms with Crippen molar-refractivity contribution in [2.45, 2.75) is 63.5 Å². The van der Waals surface area contributed by atoms with Crippen LogP contribution < -0.4 is 10.6 Å². The van der Waals surface area contributed by atoms with Gasteiger partial charge in [-0.3, -0.25) is 9.59 Å². The second-order valence-corrected chi connectivity index (χ2v) is 7.06. The molecule has 3 aliphatic rings. The molecule has 5 heteroatoms. The van der Waals surface area contributed by atoms with Crippen molar-refractivity contribution in [2.75, 3.05) is 0 Å². The zero-order chi connectivity index (χ0) is 16.9. The standard InChI is InChI=1S/C19H25N3O2/c20-12-17(13-10-11-13)22-19(24)15-8-4-5-9-16(15)21-18(23)14-6-2-1-3-7-14/h2,6-7,13,15-17H,1,3-5,8-11H2,(H,21,23)(H,22,24). The molecule has 3 atom stereocenters. The molecule has 0 saturated heterocycles. The summed E-state index contributed by atoms with van der Waals surface area (Å²) >= 11 is 0. The average Bonchev–Trinajstić information content (AvgIpc) is 3.45. The number of allylic oxidation sites excluding steroid dienone is 2. The Labute approximate surface area is 143 Å². The highest BCUT2D eigenvalue weighted by Crippen LogP contribution is 2.33. The van der Waals surface area contributed by atoms with E-state index in [0.717, 1.165) is 51.4 Å². The van der Waals surface area contributed by atoms with E-state index in [4.69, 9.17) is 0 Å². The first-order valence-corrected chi connectivity index (χ1v) is 9.06. The Morgan fingerprint density at radius 2 is 1.96 bits per heavy atom. The van der Waals surface area contributed by atoms with Gasteiger partial charge in [0, 0.05) is 11.6 Å². The summed E-state index contributed by atoms with van der Waals surface area (Å²) < 4.78 is 0. The fourth-order valence-electron chi connectivity index (χ4n) is 3.60. The van der Waals surface area contributed by atoms with Gasteiger partial charge in [0.25, 0.3) is 5.91 Å². The molecule has 0 bridgehead atoms. The largest absolute Gasteiger partial charge is 0.349 e. The minimum Gasteiger partial charge on any atom is -0.349 e. The van der Waals surface area contributed by atoms with Gasteiger partial charge in [-0.25, -0.2) is 0 Å². The minimum atomic E-state index is -0.375. The Balaban J connectivity index is 1.61. The monoisotopic (exact) mass is 327 g/mol. The van der Waals surface area contributed by atoms with Crippen LogP contribution in [0.15, 0.2) is 23.8 Å². The second kappa shape index (κ2) is 7.65. The summed E-state index contributed by atoms with van der Waals surface area (Å²) in [4.78, 5) is 25.0. The number of amides is 2. The molecule has 3 aliphatic carbocycles. The van der Waals surface area contributed by atoms with Gasteiger partial charge in [-0.1, -0.05) is 31.1 Å². The molecular formula is C19H25N3O2. The van der Waals surface area contributed by atoms with Gasteiger partial charge < -0.3 is 10.6 Å². The summed E-state index contributed by atoms with van der Waals surface area (Å²) in [7, 11) is 0. The fraction of sp³-hybridized carbons (Fsp3) is 0.632. The molecule has 2 fully saturated rings. The van der Waals surface area contributed by atoms with Crippen LogP contribution in [0.3, 0.4) is 0 Å². The van der Waals surface area contributed by atoms with Crippen LogP contribution >= 0.6 is 0 Å². The molecule has 2 N–H and O–H groups in total. The molecule has 0 aromatic heterocycles. The lowest BCUT2D eigenvalue weighted by molar-refractivity contribution is -0.128. The van der Waals surface area contributed by atoms with Crippen molar-refractivity contribution < 1.29 is 9.59 Å². The topological polar surface area (TPSA) is 82.0 Å². The Bertz CT molecular complexity index is 598. The molecule has 2 amide bonds. The molecule has 0 aromatic carbocycles. The zero-order valence-corrected chi connectivity index (χ0v) is 14.0. The van der Waals surface area contributed by atoms with E-state index < -0.39 is 0 Å². The molecule has 0 spiro atoms. The lowest BCUT2D eigenvalue weighted by atomic mass is 9.83. The molecule has 5 nitrogen and oxygen atoms in total. The van der Waals surface area contributed by atoms with Crippen LogP contribution in [0.25, 0.3) is 0 Å².